The number of aliphatic carboxylic acids is 1. The molecule has 0 fully saturated rings. The molecule has 4 N–H and O–H groups in total. The first-order chi connectivity index (χ1) is 7.00. The second-order valence-corrected chi connectivity index (χ2v) is 3.72. The van der Waals surface area contributed by atoms with E-state index < -0.39 is 12.0 Å². The van der Waals surface area contributed by atoms with Crippen LogP contribution in [-0.4, -0.2) is 23.7 Å². The number of carbonyl (C=O) groups is 1. The first-order valence-electron chi connectivity index (χ1n) is 4.49. The molecule has 4 nitrogen and oxygen atoms in total. The average Bonchev–Trinajstić information content (AvgIpc) is 2.18. The number of nitrogens with one attached hydrogen (secondary N) is 1. The Hall–Kier alpha value is -1.26. The summed E-state index contributed by atoms with van der Waals surface area (Å²) >= 11 is 5.81. The summed E-state index contributed by atoms with van der Waals surface area (Å²) in [7, 11) is 0. The zero-order valence-corrected chi connectivity index (χ0v) is 9.08. The van der Waals surface area contributed by atoms with Crippen LogP contribution in [-0.2, 0) is 4.79 Å². The highest BCUT2D eigenvalue weighted by Crippen LogP contribution is 2.19. The van der Waals surface area contributed by atoms with Gasteiger partial charge in [-0.05, 0) is 24.6 Å². The lowest BCUT2D eigenvalue weighted by Gasteiger charge is -2.12. The molecule has 0 aliphatic heterocycles. The van der Waals surface area contributed by atoms with Gasteiger partial charge in [-0.2, -0.15) is 0 Å². The molecule has 0 heterocycles. The van der Waals surface area contributed by atoms with Crippen LogP contribution in [0.15, 0.2) is 18.2 Å². The molecule has 15 heavy (non-hydrogen) atoms. The highest BCUT2D eigenvalue weighted by molar-refractivity contribution is 6.30. The van der Waals surface area contributed by atoms with Gasteiger partial charge >= 0.3 is 5.97 Å². The van der Waals surface area contributed by atoms with Crippen LogP contribution in [0.4, 0.5) is 5.69 Å². The molecule has 0 radical (unpaired) electrons. The van der Waals surface area contributed by atoms with Gasteiger partial charge in [0.25, 0.3) is 0 Å². The van der Waals surface area contributed by atoms with Crippen LogP contribution in [0.2, 0.25) is 5.02 Å². The zero-order valence-electron chi connectivity index (χ0n) is 8.33. The van der Waals surface area contributed by atoms with Gasteiger partial charge in [0.2, 0.25) is 0 Å². The molecule has 1 aromatic rings. The highest BCUT2D eigenvalue weighted by atomic mass is 35.5. The predicted octanol–water partition coefficient (Wildman–Crippen LogP) is 1.47. The first-order valence-corrected chi connectivity index (χ1v) is 4.87. The lowest BCUT2D eigenvalue weighted by molar-refractivity contribution is -0.138. The summed E-state index contributed by atoms with van der Waals surface area (Å²) in [5, 5.41) is 12.1. The molecule has 0 saturated heterocycles. The van der Waals surface area contributed by atoms with E-state index in [1.54, 1.807) is 12.1 Å². The molecule has 1 rings (SSSR count). The molecule has 0 bridgehead atoms. The van der Waals surface area contributed by atoms with E-state index in [2.05, 4.69) is 5.32 Å². The van der Waals surface area contributed by atoms with Crippen LogP contribution >= 0.6 is 11.6 Å². The highest BCUT2D eigenvalue weighted by Gasteiger charge is 2.11. The third-order valence-electron chi connectivity index (χ3n) is 2.03. The molecule has 0 aliphatic carbocycles. The Bertz CT molecular complexity index is 368. The topological polar surface area (TPSA) is 75.3 Å². The van der Waals surface area contributed by atoms with Gasteiger partial charge in [-0.25, -0.2) is 0 Å². The third-order valence-corrected chi connectivity index (χ3v) is 2.26. The SMILES string of the molecule is Cc1ccc(Cl)cc1NCC(N)C(=O)O. The van der Waals surface area contributed by atoms with Gasteiger partial charge in [0.15, 0.2) is 0 Å². The van der Waals surface area contributed by atoms with Gasteiger partial charge in [0.05, 0.1) is 0 Å². The van der Waals surface area contributed by atoms with E-state index in [1.165, 1.54) is 0 Å². The number of benzene rings is 1. The molecular formula is C10H13ClN2O2. The van der Waals surface area contributed by atoms with Gasteiger partial charge in [-0.15, -0.1) is 0 Å². The van der Waals surface area contributed by atoms with E-state index >= 15 is 0 Å². The Labute approximate surface area is 93.0 Å². The van der Waals surface area contributed by atoms with Gasteiger partial charge in [0, 0.05) is 17.3 Å². The predicted molar refractivity (Wildman–Crippen MR) is 60.3 cm³/mol. The van der Waals surface area contributed by atoms with Crippen molar-refractivity contribution < 1.29 is 9.90 Å². The number of nitrogens with two attached hydrogens (primary N) is 1. The van der Waals surface area contributed by atoms with Crippen molar-refractivity contribution in [3.8, 4) is 0 Å². The van der Waals surface area contributed by atoms with E-state index in [1.807, 2.05) is 13.0 Å². The maximum atomic E-state index is 10.5. The lowest BCUT2D eigenvalue weighted by Crippen LogP contribution is -2.37. The Morgan fingerprint density at radius 1 is 1.67 bits per heavy atom. The number of anilines is 1. The smallest absolute Gasteiger partial charge is 0.322 e. The van der Waals surface area contributed by atoms with Crippen molar-refractivity contribution in [2.45, 2.75) is 13.0 Å². The summed E-state index contributed by atoms with van der Waals surface area (Å²) in [6.07, 6.45) is 0. The van der Waals surface area contributed by atoms with Gasteiger partial charge in [-0.3, -0.25) is 4.79 Å². The molecule has 0 aromatic heterocycles. The number of halogens is 1. The fourth-order valence-corrected chi connectivity index (χ4v) is 1.26. The van der Waals surface area contributed by atoms with Crippen molar-refractivity contribution in [1.82, 2.24) is 0 Å². The van der Waals surface area contributed by atoms with Crippen molar-refractivity contribution in [1.29, 1.82) is 0 Å². The molecule has 0 spiro atoms. The van der Waals surface area contributed by atoms with Crippen LogP contribution in [0, 0.1) is 6.92 Å². The summed E-state index contributed by atoms with van der Waals surface area (Å²) in [5.74, 6) is -1.03. The van der Waals surface area contributed by atoms with Crippen molar-refractivity contribution >= 4 is 23.3 Å². The second kappa shape index (κ2) is 5.00. The minimum atomic E-state index is -1.03. The fraction of sp³-hybridized carbons (Fsp3) is 0.300. The van der Waals surface area contributed by atoms with Gasteiger partial charge < -0.3 is 16.2 Å². The first kappa shape index (κ1) is 11.8. The van der Waals surface area contributed by atoms with Gasteiger partial charge in [0.1, 0.15) is 6.04 Å². The summed E-state index contributed by atoms with van der Waals surface area (Å²) < 4.78 is 0. The monoisotopic (exact) mass is 228 g/mol. The molecule has 0 saturated carbocycles. The second-order valence-electron chi connectivity index (χ2n) is 3.28. The van der Waals surface area contributed by atoms with E-state index in [0.717, 1.165) is 11.3 Å². The summed E-state index contributed by atoms with van der Waals surface area (Å²) in [5.41, 5.74) is 7.16. The largest absolute Gasteiger partial charge is 0.480 e. The quantitative estimate of drug-likeness (QED) is 0.730. The van der Waals surface area contributed by atoms with Crippen molar-refractivity contribution in [3.63, 3.8) is 0 Å². The number of rotatable bonds is 4. The molecule has 0 aliphatic rings. The van der Waals surface area contributed by atoms with E-state index in [9.17, 15) is 4.79 Å². The lowest BCUT2D eigenvalue weighted by atomic mass is 10.2. The normalized spacial score (nSPS) is 12.2. The van der Waals surface area contributed by atoms with Crippen molar-refractivity contribution in [3.05, 3.63) is 28.8 Å². The van der Waals surface area contributed by atoms with Crippen LogP contribution in [0.3, 0.4) is 0 Å². The van der Waals surface area contributed by atoms with Crippen LogP contribution in [0.1, 0.15) is 5.56 Å². The average molecular weight is 229 g/mol. The van der Waals surface area contributed by atoms with E-state index in [4.69, 9.17) is 22.4 Å². The van der Waals surface area contributed by atoms with Crippen molar-refractivity contribution in [2.75, 3.05) is 11.9 Å². The fourth-order valence-electron chi connectivity index (χ4n) is 1.09. The van der Waals surface area contributed by atoms with Crippen LogP contribution in [0.25, 0.3) is 0 Å². The summed E-state index contributed by atoms with van der Waals surface area (Å²) in [4.78, 5) is 10.5. The zero-order chi connectivity index (χ0) is 11.4. The number of hydrogen-bond donors (Lipinski definition) is 3. The Morgan fingerprint density at radius 2 is 2.33 bits per heavy atom. The third kappa shape index (κ3) is 3.42. The summed E-state index contributed by atoms with van der Waals surface area (Å²) in [6.45, 7) is 2.08. The maximum Gasteiger partial charge on any atom is 0.322 e. The van der Waals surface area contributed by atoms with Crippen molar-refractivity contribution in [2.24, 2.45) is 5.73 Å². The molecule has 1 aromatic carbocycles. The Kier molecular flexibility index (Phi) is 3.94. The molecular weight excluding hydrogens is 216 g/mol. The minimum absolute atomic E-state index is 0.177. The number of carboxylic acid groups (broad SMARTS) is 1. The minimum Gasteiger partial charge on any atom is -0.480 e. The van der Waals surface area contributed by atoms with Crippen LogP contribution in [0.5, 0.6) is 0 Å². The van der Waals surface area contributed by atoms with Gasteiger partial charge in [-0.1, -0.05) is 17.7 Å². The standard InChI is InChI=1S/C10H13ClN2O2/c1-6-2-3-7(11)4-9(6)13-5-8(12)10(14)15/h2-4,8,13H,5,12H2,1H3,(H,14,15). The molecule has 1 unspecified atom stereocenters. The molecule has 82 valence electrons. The number of carboxylic acids is 1. The number of hydrogen-bond acceptors (Lipinski definition) is 3. The molecule has 1 atom stereocenters. The van der Waals surface area contributed by atoms with Crippen LogP contribution < -0.4 is 11.1 Å². The van der Waals surface area contributed by atoms with E-state index in [0.29, 0.717) is 5.02 Å². The molecule has 0 amide bonds. The summed E-state index contributed by atoms with van der Waals surface area (Å²) in [6, 6.07) is 4.46. The van der Waals surface area contributed by atoms with E-state index in [-0.39, 0.29) is 6.54 Å². The maximum absolute atomic E-state index is 10.5. The number of aryl methyl sites for hydroxylation is 1. The molecule has 5 heteroatoms. The Morgan fingerprint density at radius 3 is 2.93 bits per heavy atom. The Balaban J connectivity index is 2.65.